The van der Waals surface area contributed by atoms with Gasteiger partial charge in [0.1, 0.15) is 0 Å². The first-order valence-electron chi connectivity index (χ1n) is 7.42. The molecular formula is C15H32N2O. The van der Waals surface area contributed by atoms with Crippen molar-refractivity contribution in [1.82, 2.24) is 4.90 Å². The van der Waals surface area contributed by atoms with Gasteiger partial charge in [0.15, 0.2) is 0 Å². The van der Waals surface area contributed by atoms with Gasteiger partial charge in [0.25, 0.3) is 0 Å². The summed E-state index contributed by atoms with van der Waals surface area (Å²) in [4.78, 5) is 2.50. The number of methoxy groups -OCH3 is 1. The molecule has 2 N–H and O–H groups in total. The van der Waals surface area contributed by atoms with E-state index in [9.17, 15) is 0 Å². The molecule has 0 saturated heterocycles. The Balaban J connectivity index is 2.57. The minimum absolute atomic E-state index is 0.0330. The van der Waals surface area contributed by atoms with Gasteiger partial charge < -0.3 is 10.5 Å². The van der Waals surface area contributed by atoms with Crippen molar-refractivity contribution in [2.45, 2.75) is 69.9 Å². The highest BCUT2D eigenvalue weighted by Gasteiger charge is 2.34. The van der Waals surface area contributed by atoms with E-state index >= 15 is 0 Å². The second kappa shape index (κ2) is 6.88. The molecule has 0 unspecified atom stereocenters. The van der Waals surface area contributed by atoms with Gasteiger partial charge in [-0.2, -0.15) is 0 Å². The summed E-state index contributed by atoms with van der Waals surface area (Å²) in [6, 6.07) is 0. The van der Waals surface area contributed by atoms with Crippen molar-refractivity contribution >= 4 is 0 Å². The van der Waals surface area contributed by atoms with Gasteiger partial charge in [-0.3, -0.25) is 4.90 Å². The lowest BCUT2D eigenvalue weighted by Gasteiger charge is -2.42. The largest absolute Gasteiger partial charge is 0.379 e. The van der Waals surface area contributed by atoms with Gasteiger partial charge in [0.2, 0.25) is 0 Å². The smallest absolute Gasteiger partial charge is 0.0634 e. The average molecular weight is 256 g/mol. The van der Waals surface area contributed by atoms with E-state index in [0.717, 1.165) is 19.5 Å². The van der Waals surface area contributed by atoms with Crippen LogP contribution in [0.1, 0.15) is 58.8 Å². The lowest BCUT2D eigenvalue weighted by atomic mass is 9.88. The number of ether oxygens (including phenoxy) is 1. The first kappa shape index (κ1) is 15.9. The maximum Gasteiger partial charge on any atom is 0.0634 e. The van der Waals surface area contributed by atoms with E-state index in [-0.39, 0.29) is 11.1 Å². The van der Waals surface area contributed by atoms with E-state index < -0.39 is 0 Å². The third-order valence-corrected chi connectivity index (χ3v) is 4.83. The van der Waals surface area contributed by atoms with Crippen LogP contribution in [0.15, 0.2) is 0 Å². The van der Waals surface area contributed by atoms with Crippen LogP contribution < -0.4 is 5.73 Å². The van der Waals surface area contributed by atoms with Crippen molar-refractivity contribution < 1.29 is 4.74 Å². The van der Waals surface area contributed by atoms with Crippen LogP contribution >= 0.6 is 0 Å². The predicted octanol–water partition coefficient (Wildman–Crippen LogP) is 2.79. The Labute approximate surface area is 113 Å². The maximum atomic E-state index is 6.11. The van der Waals surface area contributed by atoms with Gasteiger partial charge in [0.05, 0.1) is 5.60 Å². The number of likely N-dealkylation sites (N-methyl/N-ethyl adjacent to an activating group) is 1. The van der Waals surface area contributed by atoms with Crippen molar-refractivity contribution in [2.24, 2.45) is 5.73 Å². The summed E-state index contributed by atoms with van der Waals surface area (Å²) >= 11 is 0. The summed E-state index contributed by atoms with van der Waals surface area (Å²) in [5.74, 6) is 0. The summed E-state index contributed by atoms with van der Waals surface area (Å²) in [5.41, 5.74) is 6.31. The van der Waals surface area contributed by atoms with E-state index in [1.807, 2.05) is 0 Å². The van der Waals surface area contributed by atoms with Crippen molar-refractivity contribution in [3.05, 3.63) is 0 Å². The molecule has 0 heterocycles. The second-order valence-corrected chi connectivity index (χ2v) is 6.48. The summed E-state index contributed by atoms with van der Waals surface area (Å²) in [5, 5.41) is 0. The minimum atomic E-state index is -0.0330. The molecule has 1 aliphatic rings. The zero-order valence-electron chi connectivity index (χ0n) is 12.8. The number of nitrogens with zero attached hydrogens (tertiary/aromatic N) is 1. The molecule has 3 heteroatoms. The predicted molar refractivity (Wildman–Crippen MR) is 77.8 cm³/mol. The first-order valence-corrected chi connectivity index (χ1v) is 7.42. The minimum Gasteiger partial charge on any atom is -0.379 e. The third-order valence-electron chi connectivity index (χ3n) is 4.83. The van der Waals surface area contributed by atoms with E-state index in [2.05, 4.69) is 25.8 Å². The van der Waals surface area contributed by atoms with Gasteiger partial charge in [-0.25, -0.2) is 0 Å². The number of nitrogens with two attached hydrogens (primary N) is 1. The topological polar surface area (TPSA) is 38.5 Å². The fourth-order valence-electron chi connectivity index (χ4n) is 2.90. The highest BCUT2D eigenvalue weighted by Crippen LogP contribution is 2.31. The van der Waals surface area contributed by atoms with Gasteiger partial charge in [-0.1, -0.05) is 25.7 Å². The van der Waals surface area contributed by atoms with Crippen LogP contribution in [0.5, 0.6) is 0 Å². The van der Waals surface area contributed by atoms with Crippen LogP contribution in [0.2, 0.25) is 0 Å². The zero-order valence-corrected chi connectivity index (χ0v) is 12.8. The molecular weight excluding hydrogens is 224 g/mol. The fraction of sp³-hybridized carbons (Fsp3) is 1.00. The quantitative estimate of drug-likeness (QED) is 0.743. The number of rotatable bonds is 6. The molecule has 1 saturated carbocycles. The van der Waals surface area contributed by atoms with E-state index in [0.29, 0.717) is 0 Å². The van der Waals surface area contributed by atoms with Crippen LogP contribution in [0, 0.1) is 0 Å². The molecule has 0 aromatic carbocycles. The molecule has 0 aromatic rings. The van der Waals surface area contributed by atoms with Crippen LogP contribution in [0.25, 0.3) is 0 Å². The molecule has 1 fully saturated rings. The van der Waals surface area contributed by atoms with E-state index in [1.54, 1.807) is 7.11 Å². The Morgan fingerprint density at radius 3 is 2.17 bits per heavy atom. The van der Waals surface area contributed by atoms with Crippen molar-refractivity contribution in [2.75, 3.05) is 27.2 Å². The molecule has 0 aliphatic heterocycles. The van der Waals surface area contributed by atoms with Crippen molar-refractivity contribution in [3.8, 4) is 0 Å². The van der Waals surface area contributed by atoms with Gasteiger partial charge >= 0.3 is 0 Å². The molecule has 1 rings (SSSR count). The van der Waals surface area contributed by atoms with Crippen molar-refractivity contribution in [3.63, 3.8) is 0 Å². The molecule has 18 heavy (non-hydrogen) atoms. The number of hydrogen-bond donors (Lipinski definition) is 1. The standard InChI is InChI=1S/C15H32N2O/c1-14(2,18-4)11-12-17(3)15(13-16)9-7-5-6-8-10-15/h5-13,16H2,1-4H3. The molecule has 0 spiro atoms. The molecule has 0 aromatic heterocycles. The summed E-state index contributed by atoms with van der Waals surface area (Å²) in [7, 11) is 4.04. The third kappa shape index (κ3) is 4.22. The first-order chi connectivity index (χ1) is 8.46. The molecule has 0 radical (unpaired) electrons. The molecule has 108 valence electrons. The SMILES string of the molecule is COC(C)(C)CCN(C)C1(CN)CCCCCC1. The molecule has 3 nitrogen and oxygen atoms in total. The summed E-state index contributed by atoms with van der Waals surface area (Å²) in [6.07, 6.45) is 8.98. The Kier molecular flexibility index (Phi) is 6.09. The van der Waals surface area contributed by atoms with E-state index in [1.165, 1.54) is 38.5 Å². The molecule has 0 bridgehead atoms. The van der Waals surface area contributed by atoms with Crippen LogP contribution in [0.4, 0.5) is 0 Å². The summed E-state index contributed by atoms with van der Waals surface area (Å²) < 4.78 is 5.51. The lowest BCUT2D eigenvalue weighted by Crippen LogP contribution is -2.52. The normalized spacial score (nSPS) is 21.0. The fourth-order valence-corrected chi connectivity index (χ4v) is 2.90. The van der Waals surface area contributed by atoms with Crippen LogP contribution in [0.3, 0.4) is 0 Å². The summed E-state index contributed by atoms with van der Waals surface area (Å²) in [6.45, 7) is 6.17. The zero-order chi connectivity index (χ0) is 13.6. The number of hydrogen-bond acceptors (Lipinski definition) is 3. The highest BCUT2D eigenvalue weighted by atomic mass is 16.5. The Morgan fingerprint density at radius 1 is 1.17 bits per heavy atom. The van der Waals surface area contributed by atoms with Crippen LogP contribution in [-0.4, -0.2) is 43.3 Å². The molecule has 0 amide bonds. The molecule has 0 atom stereocenters. The van der Waals surface area contributed by atoms with Crippen LogP contribution in [-0.2, 0) is 4.74 Å². The highest BCUT2D eigenvalue weighted by molar-refractivity contribution is 4.92. The van der Waals surface area contributed by atoms with Gasteiger partial charge in [0, 0.05) is 25.7 Å². The Bertz CT molecular complexity index is 233. The van der Waals surface area contributed by atoms with Gasteiger partial charge in [-0.15, -0.1) is 0 Å². The Morgan fingerprint density at radius 2 is 1.72 bits per heavy atom. The van der Waals surface area contributed by atoms with Gasteiger partial charge in [-0.05, 0) is 40.2 Å². The van der Waals surface area contributed by atoms with Crippen molar-refractivity contribution in [1.29, 1.82) is 0 Å². The Hall–Kier alpha value is -0.120. The lowest BCUT2D eigenvalue weighted by molar-refractivity contribution is -0.00272. The monoisotopic (exact) mass is 256 g/mol. The maximum absolute atomic E-state index is 6.11. The average Bonchev–Trinajstić information content (AvgIpc) is 2.62. The second-order valence-electron chi connectivity index (χ2n) is 6.48. The molecule has 1 aliphatic carbocycles. The van der Waals surface area contributed by atoms with E-state index in [4.69, 9.17) is 10.5 Å².